The van der Waals surface area contributed by atoms with Gasteiger partial charge in [0.05, 0.1) is 0 Å². The van der Waals surface area contributed by atoms with Crippen LogP contribution in [-0.2, 0) is 0 Å². The van der Waals surface area contributed by atoms with Crippen LogP contribution in [0.15, 0.2) is 12.2 Å². The van der Waals surface area contributed by atoms with E-state index >= 15 is 0 Å². The van der Waals surface area contributed by atoms with Gasteiger partial charge in [0.25, 0.3) is 5.91 Å². The maximum atomic E-state index is 12.1. The molecule has 0 spiro atoms. The van der Waals surface area contributed by atoms with Crippen LogP contribution in [0.4, 0.5) is 10.9 Å². The molecule has 0 aliphatic heterocycles. The van der Waals surface area contributed by atoms with Gasteiger partial charge < -0.3 is 16.4 Å². The highest BCUT2D eigenvalue weighted by Gasteiger charge is 2.22. The average Bonchev–Trinajstić information content (AvgIpc) is 2.93. The van der Waals surface area contributed by atoms with Crippen molar-refractivity contribution in [1.82, 2.24) is 10.3 Å². The highest BCUT2D eigenvalue weighted by molar-refractivity contribution is 7.18. The van der Waals surface area contributed by atoms with Crippen molar-refractivity contribution >= 4 is 28.2 Å². The fraction of sp³-hybridized carbons (Fsp3) is 0.538. The SMILES string of the molecule is Nc1nc(NC2CCC2)sc1C(=O)NC1CC=CC1. The number of hydrogen-bond acceptors (Lipinski definition) is 5. The molecule has 5 nitrogen and oxygen atoms in total. The van der Waals surface area contributed by atoms with E-state index in [0.29, 0.717) is 16.7 Å². The molecule has 0 bridgehead atoms. The Morgan fingerprint density at radius 1 is 1.32 bits per heavy atom. The lowest BCUT2D eigenvalue weighted by Crippen LogP contribution is -2.32. The first-order valence-corrected chi connectivity index (χ1v) is 7.52. The smallest absolute Gasteiger partial charge is 0.265 e. The number of nitrogens with two attached hydrogens (primary N) is 1. The van der Waals surface area contributed by atoms with Crippen LogP contribution in [0.1, 0.15) is 41.8 Å². The van der Waals surface area contributed by atoms with Crippen LogP contribution in [0, 0.1) is 0 Å². The quantitative estimate of drug-likeness (QED) is 0.737. The van der Waals surface area contributed by atoms with Crippen molar-refractivity contribution < 1.29 is 4.79 Å². The van der Waals surface area contributed by atoms with Gasteiger partial charge in [-0.3, -0.25) is 4.79 Å². The number of nitrogens with zero attached hydrogens (tertiary/aromatic N) is 1. The summed E-state index contributed by atoms with van der Waals surface area (Å²) in [7, 11) is 0. The first-order chi connectivity index (χ1) is 9.22. The minimum atomic E-state index is -0.106. The standard InChI is InChI=1S/C13H18N4OS/c14-11-10(12(18)15-8-4-1-2-5-8)19-13(17-11)16-9-6-3-7-9/h1-2,8-9H,3-7,14H2,(H,15,18)(H,16,17). The van der Waals surface area contributed by atoms with Crippen LogP contribution >= 0.6 is 11.3 Å². The lowest BCUT2D eigenvalue weighted by atomic mass is 9.93. The molecule has 1 aromatic heterocycles. The Balaban J connectivity index is 1.63. The number of carbonyl (C=O) groups excluding carboxylic acids is 1. The van der Waals surface area contributed by atoms with E-state index in [-0.39, 0.29) is 11.9 Å². The molecule has 1 heterocycles. The minimum absolute atomic E-state index is 0.106. The molecule has 1 amide bonds. The number of anilines is 2. The number of aromatic nitrogens is 1. The molecule has 3 rings (SSSR count). The summed E-state index contributed by atoms with van der Waals surface area (Å²) in [5.74, 6) is 0.223. The summed E-state index contributed by atoms with van der Waals surface area (Å²) in [5.41, 5.74) is 5.83. The van der Waals surface area contributed by atoms with Crippen molar-refractivity contribution in [3.8, 4) is 0 Å². The fourth-order valence-electron chi connectivity index (χ4n) is 2.27. The second-order valence-corrected chi connectivity index (χ2v) is 6.12. The van der Waals surface area contributed by atoms with E-state index in [1.807, 2.05) is 0 Å². The van der Waals surface area contributed by atoms with Gasteiger partial charge in [0, 0.05) is 12.1 Å². The zero-order valence-electron chi connectivity index (χ0n) is 10.7. The van der Waals surface area contributed by atoms with Crippen molar-refractivity contribution in [1.29, 1.82) is 0 Å². The van der Waals surface area contributed by atoms with Crippen LogP contribution in [0.2, 0.25) is 0 Å². The maximum Gasteiger partial charge on any atom is 0.265 e. The molecule has 6 heteroatoms. The molecule has 1 fully saturated rings. The number of nitrogens with one attached hydrogen (secondary N) is 2. The third kappa shape index (κ3) is 2.73. The second-order valence-electron chi connectivity index (χ2n) is 5.12. The topological polar surface area (TPSA) is 80.0 Å². The Kier molecular flexibility index (Phi) is 3.42. The Labute approximate surface area is 116 Å². The lowest BCUT2D eigenvalue weighted by Gasteiger charge is -2.25. The molecule has 2 aliphatic rings. The molecule has 0 radical (unpaired) electrons. The zero-order chi connectivity index (χ0) is 13.2. The number of nitrogen functional groups attached to an aromatic ring is 1. The highest BCUT2D eigenvalue weighted by atomic mass is 32.1. The Morgan fingerprint density at radius 2 is 2.05 bits per heavy atom. The normalized spacial score (nSPS) is 19.4. The average molecular weight is 278 g/mol. The van der Waals surface area contributed by atoms with Gasteiger partial charge in [-0.2, -0.15) is 0 Å². The first kappa shape index (κ1) is 12.5. The van der Waals surface area contributed by atoms with E-state index in [1.165, 1.54) is 30.6 Å². The van der Waals surface area contributed by atoms with Gasteiger partial charge in [-0.15, -0.1) is 0 Å². The van der Waals surface area contributed by atoms with E-state index in [1.54, 1.807) is 0 Å². The third-order valence-electron chi connectivity index (χ3n) is 3.64. The van der Waals surface area contributed by atoms with Crippen molar-refractivity contribution in [2.24, 2.45) is 0 Å². The summed E-state index contributed by atoms with van der Waals surface area (Å²) < 4.78 is 0. The van der Waals surface area contributed by atoms with Gasteiger partial charge in [-0.05, 0) is 32.1 Å². The molecule has 1 aromatic rings. The molecule has 0 saturated heterocycles. The third-order valence-corrected chi connectivity index (χ3v) is 4.64. The zero-order valence-corrected chi connectivity index (χ0v) is 11.5. The van der Waals surface area contributed by atoms with Crippen LogP contribution in [0.3, 0.4) is 0 Å². The van der Waals surface area contributed by atoms with E-state index in [9.17, 15) is 4.79 Å². The molecule has 102 valence electrons. The van der Waals surface area contributed by atoms with Gasteiger partial charge in [0.2, 0.25) is 0 Å². The predicted molar refractivity (Wildman–Crippen MR) is 77.4 cm³/mol. The van der Waals surface area contributed by atoms with Crippen LogP contribution in [0.25, 0.3) is 0 Å². The largest absolute Gasteiger partial charge is 0.382 e. The number of amides is 1. The summed E-state index contributed by atoms with van der Waals surface area (Å²) in [6.45, 7) is 0. The van der Waals surface area contributed by atoms with Crippen LogP contribution < -0.4 is 16.4 Å². The molecule has 0 atom stereocenters. The monoisotopic (exact) mass is 278 g/mol. The first-order valence-electron chi connectivity index (χ1n) is 6.71. The lowest BCUT2D eigenvalue weighted by molar-refractivity contribution is 0.0944. The van der Waals surface area contributed by atoms with E-state index in [2.05, 4.69) is 27.8 Å². The van der Waals surface area contributed by atoms with Crippen molar-refractivity contribution in [2.45, 2.75) is 44.2 Å². The summed E-state index contributed by atoms with van der Waals surface area (Å²) in [6, 6.07) is 0.706. The Hall–Kier alpha value is -1.56. The van der Waals surface area contributed by atoms with Crippen molar-refractivity contribution in [3.05, 3.63) is 17.0 Å². The molecule has 1 saturated carbocycles. The summed E-state index contributed by atoms with van der Waals surface area (Å²) in [6.07, 6.45) is 9.59. The molecular weight excluding hydrogens is 260 g/mol. The molecule has 0 unspecified atom stereocenters. The Bertz CT molecular complexity index is 499. The highest BCUT2D eigenvalue weighted by Crippen LogP contribution is 2.29. The number of rotatable bonds is 4. The fourth-order valence-corrected chi connectivity index (χ4v) is 3.13. The van der Waals surface area contributed by atoms with Gasteiger partial charge >= 0.3 is 0 Å². The van der Waals surface area contributed by atoms with E-state index in [4.69, 9.17) is 5.73 Å². The number of thiazole rings is 1. The van der Waals surface area contributed by atoms with Crippen LogP contribution in [0.5, 0.6) is 0 Å². The molecular formula is C13H18N4OS. The summed E-state index contributed by atoms with van der Waals surface area (Å²) in [5, 5.41) is 7.08. The van der Waals surface area contributed by atoms with Gasteiger partial charge in [-0.1, -0.05) is 23.5 Å². The maximum absolute atomic E-state index is 12.1. The number of carbonyl (C=O) groups is 1. The predicted octanol–water partition coefficient (Wildman–Crippen LogP) is 2.14. The molecule has 19 heavy (non-hydrogen) atoms. The van der Waals surface area contributed by atoms with Crippen molar-refractivity contribution in [3.63, 3.8) is 0 Å². The number of hydrogen-bond donors (Lipinski definition) is 3. The van der Waals surface area contributed by atoms with Crippen molar-refractivity contribution in [2.75, 3.05) is 11.1 Å². The minimum Gasteiger partial charge on any atom is -0.382 e. The van der Waals surface area contributed by atoms with Gasteiger partial charge in [0.15, 0.2) is 5.13 Å². The van der Waals surface area contributed by atoms with E-state index in [0.717, 1.165) is 18.0 Å². The summed E-state index contributed by atoms with van der Waals surface area (Å²) in [4.78, 5) is 16.9. The van der Waals surface area contributed by atoms with E-state index < -0.39 is 0 Å². The summed E-state index contributed by atoms with van der Waals surface area (Å²) >= 11 is 1.35. The van der Waals surface area contributed by atoms with Crippen LogP contribution in [-0.4, -0.2) is 23.0 Å². The van der Waals surface area contributed by atoms with Gasteiger partial charge in [-0.25, -0.2) is 4.98 Å². The Morgan fingerprint density at radius 3 is 2.68 bits per heavy atom. The van der Waals surface area contributed by atoms with Gasteiger partial charge in [0.1, 0.15) is 10.7 Å². The molecule has 2 aliphatic carbocycles. The molecule has 4 N–H and O–H groups in total. The second kappa shape index (κ2) is 5.21. The molecule has 0 aromatic carbocycles.